The second-order valence-corrected chi connectivity index (χ2v) is 3.42. The SMILES string of the molecule is COC(=O)C(O)CNC(=O)c1ncccc1C. The molecule has 1 heterocycles. The maximum atomic E-state index is 11.6. The van der Waals surface area contributed by atoms with Crippen LogP contribution < -0.4 is 5.32 Å². The van der Waals surface area contributed by atoms with E-state index in [0.29, 0.717) is 0 Å². The molecular weight excluding hydrogens is 224 g/mol. The number of rotatable bonds is 4. The molecule has 1 aromatic heterocycles. The second-order valence-electron chi connectivity index (χ2n) is 3.42. The zero-order valence-corrected chi connectivity index (χ0v) is 9.64. The van der Waals surface area contributed by atoms with Crippen molar-refractivity contribution in [1.29, 1.82) is 0 Å². The standard InChI is InChI=1S/C11H14N2O4/c1-7-4-3-5-12-9(7)10(15)13-6-8(14)11(16)17-2/h3-5,8,14H,6H2,1-2H3,(H,13,15). The summed E-state index contributed by atoms with van der Waals surface area (Å²) in [5, 5.41) is 11.7. The van der Waals surface area contributed by atoms with Crippen LogP contribution in [-0.2, 0) is 9.53 Å². The van der Waals surface area contributed by atoms with Gasteiger partial charge in [-0.25, -0.2) is 4.79 Å². The molecular formula is C11H14N2O4. The molecule has 92 valence electrons. The minimum atomic E-state index is -1.37. The number of aromatic nitrogens is 1. The van der Waals surface area contributed by atoms with Crippen molar-refractivity contribution in [3.63, 3.8) is 0 Å². The third-order valence-corrected chi connectivity index (χ3v) is 2.15. The molecule has 0 spiro atoms. The highest BCUT2D eigenvalue weighted by molar-refractivity contribution is 5.93. The van der Waals surface area contributed by atoms with Crippen LogP contribution >= 0.6 is 0 Å². The highest BCUT2D eigenvalue weighted by atomic mass is 16.5. The highest BCUT2D eigenvalue weighted by Gasteiger charge is 2.17. The van der Waals surface area contributed by atoms with Gasteiger partial charge in [-0.3, -0.25) is 9.78 Å². The first-order chi connectivity index (χ1) is 8.06. The zero-order valence-electron chi connectivity index (χ0n) is 9.64. The summed E-state index contributed by atoms with van der Waals surface area (Å²) in [4.78, 5) is 26.4. The monoisotopic (exact) mass is 238 g/mol. The van der Waals surface area contributed by atoms with Crippen molar-refractivity contribution in [2.75, 3.05) is 13.7 Å². The molecule has 0 aliphatic heterocycles. The van der Waals surface area contributed by atoms with Gasteiger partial charge in [0.15, 0.2) is 6.10 Å². The molecule has 1 unspecified atom stereocenters. The fourth-order valence-electron chi connectivity index (χ4n) is 1.22. The Morgan fingerprint density at radius 3 is 2.88 bits per heavy atom. The van der Waals surface area contributed by atoms with Gasteiger partial charge in [-0.05, 0) is 18.6 Å². The van der Waals surface area contributed by atoms with Gasteiger partial charge in [0, 0.05) is 6.20 Å². The topological polar surface area (TPSA) is 88.5 Å². The fraction of sp³-hybridized carbons (Fsp3) is 0.364. The van der Waals surface area contributed by atoms with Gasteiger partial charge < -0.3 is 15.2 Å². The first-order valence-electron chi connectivity index (χ1n) is 5.02. The predicted molar refractivity (Wildman–Crippen MR) is 59.3 cm³/mol. The van der Waals surface area contributed by atoms with Gasteiger partial charge in [0.1, 0.15) is 5.69 Å². The van der Waals surface area contributed by atoms with Gasteiger partial charge >= 0.3 is 5.97 Å². The number of ether oxygens (including phenoxy) is 1. The number of methoxy groups -OCH3 is 1. The minimum absolute atomic E-state index is 0.207. The average molecular weight is 238 g/mol. The lowest BCUT2D eigenvalue weighted by atomic mass is 10.2. The Kier molecular flexibility index (Phi) is 4.59. The number of nitrogens with one attached hydrogen (secondary N) is 1. The smallest absolute Gasteiger partial charge is 0.336 e. The van der Waals surface area contributed by atoms with Crippen LogP contribution in [0.25, 0.3) is 0 Å². The van der Waals surface area contributed by atoms with Gasteiger partial charge in [0.05, 0.1) is 13.7 Å². The lowest BCUT2D eigenvalue weighted by molar-refractivity contribution is -0.149. The van der Waals surface area contributed by atoms with E-state index >= 15 is 0 Å². The van der Waals surface area contributed by atoms with Gasteiger partial charge in [0.25, 0.3) is 5.91 Å². The summed E-state index contributed by atoms with van der Waals surface area (Å²) in [6.07, 6.45) is 0.131. The zero-order chi connectivity index (χ0) is 12.8. The maximum Gasteiger partial charge on any atom is 0.336 e. The van der Waals surface area contributed by atoms with Crippen LogP contribution in [0.15, 0.2) is 18.3 Å². The van der Waals surface area contributed by atoms with E-state index < -0.39 is 18.0 Å². The van der Waals surface area contributed by atoms with Gasteiger partial charge in [-0.2, -0.15) is 0 Å². The molecule has 0 bridgehead atoms. The third-order valence-electron chi connectivity index (χ3n) is 2.15. The van der Waals surface area contributed by atoms with E-state index in [1.807, 2.05) is 0 Å². The molecule has 1 rings (SSSR count). The molecule has 1 atom stereocenters. The molecule has 2 N–H and O–H groups in total. The number of amides is 1. The molecule has 0 aromatic carbocycles. The number of nitrogens with zero attached hydrogens (tertiary/aromatic N) is 1. The Bertz CT molecular complexity index is 420. The quantitative estimate of drug-likeness (QED) is 0.700. The number of carbonyl (C=O) groups excluding carboxylic acids is 2. The van der Waals surface area contributed by atoms with E-state index in [2.05, 4.69) is 15.0 Å². The summed E-state index contributed by atoms with van der Waals surface area (Å²) in [7, 11) is 1.16. The van der Waals surface area contributed by atoms with Crippen molar-refractivity contribution in [2.24, 2.45) is 0 Å². The first kappa shape index (κ1) is 13.1. The largest absolute Gasteiger partial charge is 0.467 e. The van der Waals surface area contributed by atoms with Gasteiger partial charge in [-0.1, -0.05) is 6.07 Å². The molecule has 0 aliphatic rings. The maximum absolute atomic E-state index is 11.6. The van der Waals surface area contributed by atoms with Crippen molar-refractivity contribution >= 4 is 11.9 Å². The number of aliphatic hydroxyl groups is 1. The summed E-state index contributed by atoms with van der Waals surface area (Å²) < 4.78 is 4.32. The summed E-state index contributed by atoms with van der Waals surface area (Å²) in [6, 6.07) is 3.47. The Balaban J connectivity index is 2.57. The van der Waals surface area contributed by atoms with Gasteiger partial charge in [-0.15, -0.1) is 0 Å². The number of carbonyl (C=O) groups is 2. The number of aliphatic hydroxyl groups excluding tert-OH is 1. The Hall–Kier alpha value is -1.95. The van der Waals surface area contributed by atoms with Crippen LogP contribution in [0.5, 0.6) is 0 Å². The molecule has 17 heavy (non-hydrogen) atoms. The summed E-state index contributed by atoms with van der Waals surface area (Å²) in [5.74, 6) is -1.23. The summed E-state index contributed by atoms with van der Waals surface area (Å²) in [5.41, 5.74) is 0.988. The van der Waals surface area contributed by atoms with Crippen molar-refractivity contribution in [3.05, 3.63) is 29.6 Å². The lowest BCUT2D eigenvalue weighted by Crippen LogP contribution is -2.37. The molecule has 0 aliphatic carbocycles. The summed E-state index contributed by atoms with van der Waals surface area (Å²) in [6.45, 7) is 1.54. The van der Waals surface area contributed by atoms with Crippen LogP contribution in [0.4, 0.5) is 0 Å². The van der Waals surface area contributed by atoms with E-state index in [-0.39, 0.29) is 12.2 Å². The number of esters is 1. The van der Waals surface area contributed by atoms with E-state index in [4.69, 9.17) is 0 Å². The van der Waals surface area contributed by atoms with E-state index in [0.717, 1.165) is 12.7 Å². The lowest BCUT2D eigenvalue weighted by Gasteiger charge is -2.10. The molecule has 1 amide bonds. The van der Waals surface area contributed by atoms with Crippen LogP contribution in [0.3, 0.4) is 0 Å². The van der Waals surface area contributed by atoms with E-state index in [1.54, 1.807) is 19.1 Å². The highest BCUT2D eigenvalue weighted by Crippen LogP contribution is 2.02. The Labute approximate surface area is 98.6 Å². The number of pyridine rings is 1. The molecule has 0 radical (unpaired) electrons. The molecule has 0 saturated carbocycles. The minimum Gasteiger partial charge on any atom is -0.467 e. The van der Waals surface area contributed by atoms with Crippen LogP contribution in [0, 0.1) is 6.92 Å². The van der Waals surface area contributed by atoms with Crippen molar-refractivity contribution in [1.82, 2.24) is 10.3 Å². The normalized spacial score (nSPS) is 11.7. The Morgan fingerprint density at radius 1 is 1.59 bits per heavy atom. The average Bonchev–Trinajstić information content (AvgIpc) is 2.35. The number of hydrogen-bond acceptors (Lipinski definition) is 5. The first-order valence-corrected chi connectivity index (χ1v) is 5.02. The molecule has 6 nitrogen and oxygen atoms in total. The predicted octanol–water partition coefficient (Wildman–Crippen LogP) is -0.346. The van der Waals surface area contributed by atoms with Crippen molar-refractivity contribution < 1.29 is 19.4 Å². The second kappa shape index (κ2) is 5.95. The summed E-state index contributed by atoms with van der Waals surface area (Å²) >= 11 is 0. The van der Waals surface area contributed by atoms with Gasteiger partial charge in [0.2, 0.25) is 0 Å². The van der Waals surface area contributed by atoms with Crippen molar-refractivity contribution in [2.45, 2.75) is 13.0 Å². The molecule has 0 saturated heterocycles. The van der Waals surface area contributed by atoms with E-state index in [9.17, 15) is 14.7 Å². The van der Waals surface area contributed by atoms with Crippen molar-refractivity contribution in [3.8, 4) is 0 Å². The fourth-order valence-corrected chi connectivity index (χ4v) is 1.22. The molecule has 1 aromatic rings. The number of aryl methyl sites for hydroxylation is 1. The third kappa shape index (κ3) is 3.53. The van der Waals surface area contributed by atoms with E-state index in [1.165, 1.54) is 6.20 Å². The molecule has 0 fully saturated rings. The van der Waals surface area contributed by atoms with Crippen LogP contribution in [-0.4, -0.2) is 41.7 Å². The number of hydrogen-bond donors (Lipinski definition) is 2. The van der Waals surface area contributed by atoms with Crippen LogP contribution in [0.1, 0.15) is 16.1 Å². The Morgan fingerprint density at radius 2 is 2.29 bits per heavy atom. The van der Waals surface area contributed by atoms with Crippen LogP contribution in [0.2, 0.25) is 0 Å². The molecule has 6 heteroatoms.